The maximum atomic E-state index is 6.23. The molecule has 2 nitrogen and oxygen atoms in total. The molecule has 3 aromatic rings. The first-order valence-electron chi connectivity index (χ1n) is 8.21. The predicted molar refractivity (Wildman–Crippen MR) is 100 cm³/mol. The van der Waals surface area contributed by atoms with Crippen LogP contribution in [-0.4, -0.2) is 23.1 Å². The van der Waals surface area contributed by atoms with Crippen LogP contribution in [0.2, 0.25) is 5.02 Å². The Hall–Kier alpha value is -2.21. The van der Waals surface area contributed by atoms with Gasteiger partial charge in [0.15, 0.2) is 0 Å². The van der Waals surface area contributed by atoms with Gasteiger partial charge in [-0.25, -0.2) is 0 Å². The highest BCUT2D eigenvalue weighted by Crippen LogP contribution is 2.31. The van der Waals surface area contributed by atoms with Crippen LogP contribution < -0.4 is 0 Å². The van der Waals surface area contributed by atoms with E-state index in [1.165, 1.54) is 22.2 Å². The topological polar surface area (TPSA) is 8.17 Å². The van der Waals surface area contributed by atoms with Crippen LogP contribution in [0.25, 0.3) is 10.9 Å². The molecule has 0 fully saturated rings. The molecule has 0 bridgehead atoms. The molecule has 0 aliphatic carbocycles. The number of fused-ring (bicyclic) bond motifs is 3. The molecule has 4 rings (SSSR count). The predicted octanol–water partition coefficient (Wildman–Crippen LogP) is 4.45. The van der Waals surface area contributed by atoms with Crippen LogP contribution in [0, 0.1) is 18.9 Å². The lowest BCUT2D eigenvalue weighted by molar-refractivity contribution is 0.308. The standard InChI is InChI=1S/C21H19ClN2/c1-15-3-5-16(6-4-15)9-12-24-20-8-7-17(22)13-19(20)18-10-11-23(2)14-21(18)24/h3-8,13H,10-11,14H2,1-2H3. The molecular weight excluding hydrogens is 316 g/mol. The lowest BCUT2D eigenvalue weighted by Crippen LogP contribution is -2.27. The maximum Gasteiger partial charge on any atom is 0.0619 e. The number of rotatable bonds is 0. The van der Waals surface area contributed by atoms with Gasteiger partial charge in [-0.1, -0.05) is 29.3 Å². The Morgan fingerprint density at radius 3 is 2.67 bits per heavy atom. The van der Waals surface area contributed by atoms with Crippen molar-refractivity contribution >= 4 is 22.5 Å². The Bertz CT molecular complexity index is 971. The lowest BCUT2D eigenvalue weighted by atomic mass is 10.0. The summed E-state index contributed by atoms with van der Waals surface area (Å²) in [5, 5.41) is 2.02. The lowest BCUT2D eigenvalue weighted by Gasteiger charge is -2.23. The molecule has 1 aromatic heterocycles. The van der Waals surface area contributed by atoms with Crippen molar-refractivity contribution in [2.45, 2.75) is 19.9 Å². The van der Waals surface area contributed by atoms with Gasteiger partial charge in [0.2, 0.25) is 0 Å². The van der Waals surface area contributed by atoms with Crippen molar-refractivity contribution in [1.29, 1.82) is 0 Å². The molecule has 1 aliphatic heterocycles. The summed E-state index contributed by atoms with van der Waals surface area (Å²) < 4.78 is 2.15. The molecule has 0 unspecified atom stereocenters. The summed E-state index contributed by atoms with van der Waals surface area (Å²) in [6.45, 7) is 4.08. The van der Waals surface area contributed by atoms with E-state index in [0.29, 0.717) is 0 Å². The second-order valence-electron chi connectivity index (χ2n) is 6.51. The Balaban J connectivity index is 1.88. The van der Waals surface area contributed by atoms with Crippen LogP contribution in [0.1, 0.15) is 22.4 Å². The van der Waals surface area contributed by atoms with Crippen molar-refractivity contribution in [2.24, 2.45) is 0 Å². The largest absolute Gasteiger partial charge is 0.300 e. The Labute approximate surface area is 147 Å². The summed E-state index contributed by atoms with van der Waals surface area (Å²) in [5.74, 6) is 3.31. The number of hydrogen-bond acceptors (Lipinski definition) is 1. The van der Waals surface area contributed by atoms with E-state index >= 15 is 0 Å². The highest BCUT2D eigenvalue weighted by molar-refractivity contribution is 6.31. The summed E-state index contributed by atoms with van der Waals surface area (Å²) in [4.78, 5) is 2.34. The molecule has 0 N–H and O–H groups in total. The molecule has 3 heteroatoms. The summed E-state index contributed by atoms with van der Waals surface area (Å²) in [5.41, 5.74) is 6.12. The summed E-state index contributed by atoms with van der Waals surface area (Å²) in [6.07, 6.45) is 1.04. The molecule has 0 saturated heterocycles. The number of halogens is 1. The smallest absolute Gasteiger partial charge is 0.0619 e. The first-order valence-corrected chi connectivity index (χ1v) is 8.58. The number of nitrogens with zero attached hydrogens (tertiary/aromatic N) is 2. The average Bonchev–Trinajstić information content (AvgIpc) is 2.86. The van der Waals surface area contributed by atoms with Gasteiger partial charge in [-0.15, -0.1) is 0 Å². The van der Waals surface area contributed by atoms with Crippen LogP contribution >= 0.6 is 11.6 Å². The van der Waals surface area contributed by atoms with Gasteiger partial charge in [0.25, 0.3) is 0 Å². The van der Waals surface area contributed by atoms with Gasteiger partial charge in [-0.3, -0.25) is 4.57 Å². The fourth-order valence-corrected chi connectivity index (χ4v) is 3.52. The molecule has 0 spiro atoms. The Morgan fingerprint density at radius 2 is 1.88 bits per heavy atom. The molecule has 1 aliphatic rings. The van der Waals surface area contributed by atoms with E-state index in [1.54, 1.807) is 0 Å². The Morgan fingerprint density at radius 1 is 1.08 bits per heavy atom. The van der Waals surface area contributed by atoms with E-state index in [0.717, 1.165) is 35.6 Å². The average molecular weight is 335 g/mol. The number of likely N-dealkylation sites (N-methyl/N-ethyl adjacent to an activating group) is 1. The van der Waals surface area contributed by atoms with Crippen LogP contribution in [0.3, 0.4) is 0 Å². The van der Waals surface area contributed by atoms with Gasteiger partial charge in [0, 0.05) is 40.8 Å². The minimum atomic E-state index is 0.785. The van der Waals surface area contributed by atoms with Crippen LogP contribution in [0.4, 0.5) is 0 Å². The van der Waals surface area contributed by atoms with E-state index in [-0.39, 0.29) is 0 Å². The maximum absolute atomic E-state index is 6.23. The van der Waals surface area contributed by atoms with Crippen molar-refractivity contribution in [3.8, 4) is 12.0 Å². The van der Waals surface area contributed by atoms with Gasteiger partial charge in [-0.2, -0.15) is 0 Å². The van der Waals surface area contributed by atoms with E-state index in [4.69, 9.17) is 11.6 Å². The number of hydrogen-bond donors (Lipinski definition) is 0. The quantitative estimate of drug-likeness (QED) is 0.551. The monoisotopic (exact) mass is 334 g/mol. The third-order valence-corrected chi connectivity index (χ3v) is 4.90. The number of aromatic nitrogens is 1. The normalized spacial score (nSPS) is 14.3. The van der Waals surface area contributed by atoms with Crippen LogP contribution in [0.15, 0.2) is 42.5 Å². The third-order valence-electron chi connectivity index (χ3n) is 4.67. The van der Waals surface area contributed by atoms with Crippen LogP contribution in [-0.2, 0) is 13.0 Å². The van der Waals surface area contributed by atoms with Crippen molar-refractivity contribution in [1.82, 2.24) is 9.47 Å². The SMILES string of the molecule is Cc1ccc(C#Cn2c3c(c4cc(Cl)ccc42)CCN(C)C3)cc1. The van der Waals surface area contributed by atoms with E-state index in [9.17, 15) is 0 Å². The first kappa shape index (κ1) is 15.3. The first-order chi connectivity index (χ1) is 11.6. The van der Waals surface area contributed by atoms with E-state index in [1.807, 2.05) is 6.07 Å². The third kappa shape index (κ3) is 2.71. The van der Waals surface area contributed by atoms with Crippen molar-refractivity contribution in [3.05, 3.63) is 69.9 Å². The van der Waals surface area contributed by atoms with Crippen LogP contribution in [0.5, 0.6) is 0 Å². The fourth-order valence-electron chi connectivity index (χ4n) is 3.35. The van der Waals surface area contributed by atoms with Crippen molar-refractivity contribution in [3.63, 3.8) is 0 Å². The Kier molecular flexibility index (Phi) is 3.84. The number of aryl methyl sites for hydroxylation is 1. The second-order valence-corrected chi connectivity index (χ2v) is 6.95. The molecule has 0 radical (unpaired) electrons. The second kappa shape index (κ2) is 6.02. The van der Waals surface area contributed by atoms with Gasteiger partial charge in [-0.05, 0) is 62.2 Å². The van der Waals surface area contributed by atoms with Gasteiger partial charge in [0.05, 0.1) is 5.52 Å². The zero-order chi connectivity index (χ0) is 16.7. The van der Waals surface area contributed by atoms with Crippen molar-refractivity contribution < 1.29 is 0 Å². The van der Waals surface area contributed by atoms with Gasteiger partial charge >= 0.3 is 0 Å². The van der Waals surface area contributed by atoms with Crippen molar-refractivity contribution in [2.75, 3.05) is 13.6 Å². The highest BCUT2D eigenvalue weighted by atomic mass is 35.5. The zero-order valence-electron chi connectivity index (χ0n) is 13.9. The summed E-state index contributed by atoms with van der Waals surface area (Å²) >= 11 is 6.23. The van der Waals surface area contributed by atoms with Gasteiger partial charge < -0.3 is 4.90 Å². The minimum absolute atomic E-state index is 0.785. The molecule has 0 atom stereocenters. The molecule has 2 heterocycles. The molecular formula is C21H19ClN2. The molecule has 2 aromatic carbocycles. The zero-order valence-corrected chi connectivity index (χ0v) is 14.7. The molecule has 120 valence electrons. The summed E-state index contributed by atoms with van der Waals surface area (Å²) in [6, 6.07) is 17.8. The highest BCUT2D eigenvalue weighted by Gasteiger charge is 2.21. The van der Waals surface area contributed by atoms with Gasteiger partial charge in [0.1, 0.15) is 0 Å². The number of benzene rings is 2. The molecule has 0 amide bonds. The molecule has 24 heavy (non-hydrogen) atoms. The molecule has 0 saturated carbocycles. The van der Waals surface area contributed by atoms with E-state index < -0.39 is 0 Å². The fraction of sp³-hybridized carbons (Fsp3) is 0.238. The summed E-state index contributed by atoms with van der Waals surface area (Å²) in [7, 11) is 2.16. The van der Waals surface area contributed by atoms with E-state index in [2.05, 4.69) is 71.8 Å². The minimum Gasteiger partial charge on any atom is -0.300 e.